The van der Waals surface area contributed by atoms with Crippen LogP contribution in [0.3, 0.4) is 0 Å². The van der Waals surface area contributed by atoms with Crippen molar-refractivity contribution in [2.45, 2.75) is 0 Å². The molecule has 84 valence electrons. The summed E-state index contributed by atoms with van der Waals surface area (Å²) in [5.41, 5.74) is 0.514. The molecule has 0 bridgehead atoms. The van der Waals surface area contributed by atoms with Gasteiger partial charge in [0.2, 0.25) is 0 Å². The molecule has 0 unspecified atom stereocenters. The van der Waals surface area contributed by atoms with Gasteiger partial charge in [0.25, 0.3) is 6.47 Å². The molecular formula is C12H12O4. The lowest BCUT2D eigenvalue weighted by Gasteiger charge is -2.00. The Morgan fingerprint density at radius 2 is 1.81 bits per heavy atom. The lowest BCUT2D eigenvalue weighted by molar-refractivity contribution is -0.127. The Balaban J connectivity index is 2.26. The molecule has 0 atom stereocenters. The molecule has 4 heteroatoms. The number of hydrogen-bond donors (Lipinski definition) is 0. The van der Waals surface area contributed by atoms with E-state index < -0.39 is 0 Å². The summed E-state index contributed by atoms with van der Waals surface area (Å²) in [6, 6.07) is 8.73. The molecule has 0 amide bonds. The molecule has 0 fully saturated rings. The molecule has 0 heterocycles. The normalized spacial score (nSPS) is 10.0. The van der Waals surface area contributed by atoms with Crippen LogP contribution in [0.15, 0.2) is 42.5 Å². The van der Waals surface area contributed by atoms with Gasteiger partial charge in [-0.15, -0.1) is 0 Å². The third-order valence-corrected chi connectivity index (χ3v) is 1.75. The molecule has 0 saturated carbocycles. The molecule has 0 aromatic heterocycles. The van der Waals surface area contributed by atoms with Gasteiger partial charge in [0.1, 0.15) is 13.2 Å². The Hall–Kier alpha value is -2.10. The highest BCUT2D eigenvalue weighted by Gasteiger charge is 2.03. The predicted molar refractivity (Wildman–Crippen MR) is 57.9 cm³/mol. The number of hydrogen-bond acceptors (Lipinski definition) is 4. The van der Waals surface area contributed by atoms with E-state index in [2.05, 4.69) is 4.74 Å². The van der Waals surface area contributed by atoms with Crippen LogP contribution in [-0.2, 0) is 14.3 Å². The molecule has 0 radical (unpaired) electrons. The van der Waals surface area contributed by atoms with Gasteiger partial charge in [0.05, 0.1) is 5.56 Å². The summed E-state index contributed by atoms with van der Waals surface area (Å²) >= 11 is 0. The summed E-state index contributed by atoms with van der Waals surface area (Å²) < 4.78 is 9.36. The molecule has 16 heavy (non-hydrogen) atoms. The zero-order valence-electron chi connectivity index (χ0n) is 8.67. The fourth-order valence-corrected chi connectivity index (χ4v) is 1.01. The van der Waals surface area contributed by atoms with E-state index in [1.54, 1.807) is 36.4 Å². The molecule has 0 spiro atoms. The van der Waals surface area contributed by atoms with E-state index in [4.69, 9.17) is 4.74 Å². The van der Waals surface area contributed by atoms with E-state index >= 15 is 0 Å². The highest BCUT2D eigenvalue weighted by Crippen LogP contribution is 2.00. The van der Waals surface area contributed by atoms with Crippen molar-refractivity contribution in [3.63, 3.8) is 0 Å². The summed E-state index contributed by atoms with van der Waals surface area (Å²) in [6.45, 7) is 0.711. The van der Waals surface area contributed by atoms with Crippen LogP contribution in [0.2, 0.25) is 0 Å². The van der Waals surface area contributed by atoms with E-state index in [0.717, 1.165) is 0 Å². The first kappa shape index (κ1) is 12.0. The number of benzene rings is 1. The minimum Gasteiger partial charge on any atom is -0.464 e. The Morgan fingerprint density at radius 1 is 1.12 bits per heavy atom. The molecule has 0 aliphatic rings. The van der Waals surface area contributed by atoms with Crippen molar-refractivity contribution in [2.24, 2.45) is 0 Å². The van der Waals surface area contributed by atoms with Crippen molar-refractivity contribution in [1.82, 2.24) is 0 Å². The lowest BCUT2D eigenvalue weighted by Crippen LogP contribution is -2.04. The van der Waals surface area contributed by atoms with Gasteiger partial charge in [0.15, 0.2) is 0 Å². The first-order valence-electron chi connectivity index (χ1n) is 4.77. The molecule has 0 saturated heterocycles. The van der Waals surface area contributed by atoms with Crippen LogP contribution in [0.1, 0.15) is 10.4 Å². The van der Waals surface area contributed by atoms with Crippen molar-refractivity contribution in [1.29, 1.82) is 0 Å². The maximum absolute atomic E-state index is 11.4. The minimum atomic E-state index is -0.374. The van der Waals surface area contributed by atoms with Gasteiger partial charge in [-0.1, -0.05) is 18.2 Å². The molecule has 1 aromatic rings. The van der Waals surface area contributed by atoms with E-state index in [1.807, 2.05) is 6.07 Å². The number of esters is 1. The summed E-state index contributed by atoms with van der Waals surface area (Å²) in [5, 5.41) is 0. The summed E-state index contributed by atoms with van der Waals surface area (Å²) in [4.78, 5) is 21.2. The standard InChI is InChI=1S/C12H12O4/c13-10-15-8-4-5-9-16-12(14)11-6-2-1-3-7-11/h1-7,10H,8-9H2. The second-order valence-corrected chi connectivity index (χ2v) is 2.87. The molecule has 4 nitrogen and oxygen atoms in total. The fourth-order valence-electron chi connectivity index (χ4n) is 1.01. The Labute approximate surface area is 93.5 Å². The van der Waals surface area contributed by atoms with Crippen molar-refractivity contribution in [3.05, 3.63) is 48.0 Å². The van der Waals surface area contributed by atoms with Crippen molar-refractivity contribution >= 4 is 12.4 Å². The highest BCUT2D eigenvalue weighted by molar-refractivity contribution is 5.89. The Bertz CT molecular complexity index is 357. The quantitative estimate of drug-likeness (QED) is 0.316. The molecule has 1 rings (SSSR count). The van der Waals surface area contributed by atoms with Gasteiger partial charge in [-0.05, 0) is 24.3 Å². The maximum Gasteiger partial charge on any atom is 0.338 e. The first-order valence-corrected chi connectivity index (χ1v) is 4.77. The largest absolute Gasteiger partial charge is 0.464 e. The van der Waals surface area contributed by atoms with Gasteiger partial charge < -0.3 is 9.47 Å². The van der Waals surface area contributed by atoms with Crippen LogP contribution in [0.5, 0.6) is 0 Å². The predicted octanol–water partition coefficient (Wildman–Crippen LogP) is 1.57. The lowest BCUT2D eigenvalue weighted by atomic mass is 10.2. The minimum absolute atomic E-state index is 0.163. The van der Waals surface area contributed by atoms with Gasteiger partial charge >= 0.3 is 5.97 Å². The topological polar surface area (TPSA) is 52.6 Å². The average molecular weight is 220 g/mol. The zero-order chi connectivity index (χ0) is 11.6. The summed E-state index contributed by atoms with van der Waals surface area (Å²) in [6.07, 6.45) is 3.22. The molecule has 0 aliphatic heterocycles. The van der Waals surface area contributed by atoms with Crippen LogP contribution < -0.4 is 0 Å². The van der Waals surface area contributed by atoms with Crippen molar-refractivity contribution < 1.29 is 19.1 Å². The second kappa shape index (κ2) is 7.23. The maximum atomic E-state index is 11.4. The average Bonchev–Trinajstić information content (AvgIpc) is 2.34. The van der Waals surface area contributed by atoms with Gasteiger partial charge in [-0.25, -0.2) is 4.79 Å². The smallest absolute Gasteiger partial charge is 0.338 e. The van der Waals surface area contributed by atoms with Gasteiger partial charge in [-0.3, -0.25) is 4.79 Å². The van der Waals surface area contributed by atoms with Crippen molar-refractivity contribution in [2.75, 3.05) is 13.2 Å². The molecule has 0 N–H and O–H groups in total. The first-order chi connectivity index (χ1) is 7.84. The van der Waals surface area contributed by atoms with Crippen LogP contribution in [0.4, 0.5) is 0 Å². The monoisotopic (exact) mass is 220 g/mol. The third kappa shape index (κ3) is 4.41. The molecule has 0 aliphatic carbocycles. The zero-order valence-corrected chi connectivity index (χ0v) is 8.67. The second-order valence-electron chi connectivity index (χ2n) is 2.87. The van der Waals surface area contributed by atoms with Crippen LogP contribution in [0.25, 0.3) is 0 Å². The van der Waals surface area contributed by atoms with E-state index in [1.165, 1.54) is 0 Å². The van der Waals surface area contributed by atoms with E-state index in [0.29, 0.717) is 12.0 Å². The van der Waals surface area contributed by atoms with Crippen LogP contribution in [0, 0.1) is 0 Å². The number of ether oxygens (including phenoxy) is 2. The van der Waals surface area contributed by atoms with Gasteiger partial charge in [-0.2, -0.15) is 0 Å². The highest BCUT2D eigenvalue weighted by atomic mass is 16.5. The number of rotatable bonds is 6. The van der Waals surface area contributed by atoms with Crippen molar-refractivity contribution in [3.8, 4) is 0 Å². The van der Waals surface area contributed by atoms with Gasteiger partial charge in [0, 0.05) is 0 Å². The summed E-state index contributed by atoms with van der Waals surface area (Å²) in [5.74, 6) is -0.374. The van der Waals surface area contributed by atoms with Crippen LogP contribution >= 0.6 is 0 Å². The number of carbonyl (C=O) groups excluding carboxylic acids is 2. The summed E-state index contributed by atoms with van der Waals surface area (Å²) in [7, 11) is 0. The Kier molecular flexibility index (Phi) is 5.41. The number of carbonyl (C=O) groups is 2. The third-order valence-electron chi connectivity index (χ3n) is 1.75. The van der Waals surface area contributed by atoms with E-state index in [9.17, 15) is 9.59 Å². The van der Waals surface area contributed by atoms with Crippen LogP contribution in [-0.4, -0.2) is 25.7 Å². The SMILES string of the molecule is O=COCC=CCOC(=O)c1ccccc1. The fraction of sp³-hybridized carbons (Fsp3) is 0.167. The molecular weight excluding hydrogens is 208 g/mol. The Morgan fingerprint density at radius 3 is 2.50 bits per heavy atom. The van der Waals surface area contributed by atoms with E-state index in [-0.39, 0.29) is 19.2 Å². The molecule has 1 aromatic carbocycles.